The van der Waals surface area contributed by atoms with Crippen molar-refractivity contribution in [3.8, 4) is 0 Å². The number of hydrazone groups is 1. The Hall–Kier alpha value is -3.46. The molecule has 0 aromatic heterocycles. The van der Waals surface area contributed by atoms with Gasteiger partial charge in [-0.3, -0.25) is 19.3 Å². The van der Waals surface area contributed by atoms with Crippen molar-refractivity contribution in [3.63, 3.8) is 0 Å². The number of thiocarbonyl (C=S) groups is 1. The number of rotatable bonds is 4. The molecular formula is C18H13FN4O3S. The number of para-hydroxylation sites is 1. The SMILES string of the molecule is O=C(N/N=C\[C@@H]1C(=O)NC(=S)N(c2ccccc2)C1=O)c1ccccc1F. The van der Waals surface area contributed by atoms with E-state index in [1.165, 1.54) is 23.1 Å². The standard InChI is InChI=1S/C18H13FN4O3S/c19-14-9-5-4-8-12(14)16(25)22-20-10-13-15(24)21-18(27)23(17(13)26)11-6-2-1-3-7-11/h1-10,13H,(H,22,25)(H,21,24,27)/b20-10-/t13-/m1/s1. The highest BCUT2D eigenvalue weighted by molar-refractivity contribution is 7.80. The molecular weight excluding hydrogens is 371 g/mol. The lowest BCUT2D eigenvalue weighted by Gasteiger charge is -2.30. The normalized spacial score (nSPS) is 17.1. The molecule has 7 nitrogen and oxygen atoms in total. The highest BCUT2D eigenvalue weighted by atomic mass is 32.1. The van der Waals surface area contributed by atoms with E-state index >= 15 is 0 Å². The lowest BCUT2D eigenvalue weighted by atomic mass is 10.1. The molecule has 0 radical (unpaired) electrons. The molecule has 27 heavy (non-hydrogen) atoms. The predicted octanol–water partition coefficient (Wildman–Crippen LogP) is 1.61. The monoisotopic (exact) mass is 384 g/mol. The lowest BCUT2D eigenvalue weighted by molar-refractivity contribution is -0.130. The maximum absolute atomic E-state index is 13.6. The molecule has 136 valence electrons. The second-order valence-electron chi connectivity index (χ2n) is 5.48. The van der Waals surface area contributed by atoms with Gasteiger partial charge in [-0.15, -0.1) is 0 Å². The van der Waals surface area contributed by atoms with Gasteiger partial charge in [0.15, 0.2) is 11.0 Å². The van der Waals surface area contributed by atoms with E-state index < -0.39 is 29.5 Å². The van der Waals surface area contributed by atoms with Crippen LogP contribution in [-0.2, 0) is 9.59 Å². The third kappa shape index (κ3) is 3.87. The molecule has 2 N–H and O–H groups in total. The van der Waals surface area contributed by atoms with Crippen LogP contribution in [0.1, 0.15) is 10.4 Å². The van der Waals surface area contributed by atoms with Gasteiger partial charge in [-0.2, -0.15) is 5.10 Å². The summed E-state index contributed by atoms with van der Waals surface area (Å²) in [6.45, 7) is 0. The van der Waals surface area contributed by atoms with Crippen LogP contribution in [0.15, 0.2) is 59.7 Å². The first-order valence-corrected chi connectivity index (χ1v) is 8.22. The highest BCUT2D eigenvalue weighted by Crippen LogP contribution is 2.19. The molecule has 1 aliphatic heterocycles. The van der Waals surface area contributed by atoms with Crippen LogP contribution < -0.4 is 15.6 Å². The molecule has 0 saturated carbocycles. The molecule has 1 atom stereocenters. The Labute approximate surface area is 158 Å². The van der Waals surface area contributed by atoms with E-state index in [-0.39, 0.29) is 10.7 Å². The minimum absolute atomic E-state index is 0.0451. The summed E-state index contributed by atoms with van der Waals surface area (Å²) < 4.78 is 13.6. The number of nitrogens with one attached hydrogen (secondary N) is 2. The molecule has 1 fully saturated rings. The summed E-state index contributed by atoms with van der Waals surface area (Å²) in [6.07, 6.45) is 0.980. The zero-order valence-corrected chi connectivity index (χ0v) is 14.6. The van der Waals surface area contributed by atoms with E-state index in [0.29, 0.717) is 5.69 Å². The lowest BCUT2D eigenvalue weighted by Crippen LogP contribution is -2.58. The summed E-state index contributed by atoms with van der Waals surface area (Å²) in [5, 5.41) is 6.00. The molecule has 3 rings (SSSR count). The van der Waals surface area contributed by atoms with Crippen molar-refractivity contribution >= 4 is 47.0 Å². The fraction of sp³-hybridized carbons (Fsp3) is 0.0556. The Kier molecular flexibility index (Phi) is 5.32. The molecule has 0 aliphatic carbocycles. The summed E-state index contributed by atoms with van der Waals surface area (Å²) in [6, 6.07) is 13.9. The zero-order chi connectivity index (χ0) is 19.4. The molecule has 3 amide bonds. The number of hydrogen-bond acceptors (Lipinski definition) is 5. The molecule has 9 heteroatoms. The van der Waals surface area contributed by atoms with E-state index in [4.69, 9.17) is 12.2 Å². The van der Waals surface area contributed by atoms with Gasteiger partial charge in [0.05, 0.1) is 11.3 Å². The molecule has 0 bridgehead atoms. The molecule has 0 unspecified atom stereocenters. The van der Waals surface area contributed by atoms with Gasteiger partial charge in [-0.1, -0.05) is 30.3 Å². The summed E-state index contributed by atoms with van der Waals surface area (Å²) in [7, 11) is 0. The maximum Gasteiger partial charge on any atom is 0.274 e. The number of carbonyl (C=O) groups excluding carboxylic acids is 3. The van der Waals surface area contributed by atoms with Crippen molar-refractivity contribution in [3.05, 3.63) is 66.0 Å². The van der Waals surface area contributed by atoms with Crippen LogP contribution in [0.5, 0.6) is 0 Å². The topological polar surface area (TPSA) is 90.9 Å². The highest BCUT2D eigenvalue weighted by Gasteiger charge is 2.38. The number of anilines is 1. The summed E-state index contributed by atoms with van der Waals surface area (Å²) in [5.41, 5.74) is 2.38. The Morgan fingerprint density at radius 2 is 1.81 bits per heavy atom. The van der Waals surface area contributed by atoms with E-state index in [2.05, 4.69) is 15.8 Å². The van der Waals surface area contributed by atoms with Crippen molar-refractivity contribution in [1.29, 1.82) is 0 Å². The Morgan fingerprint density at radius 3 is 2.52 bits per heavy atom. The number of amides is 3. The second-order valence-corrected chi connectivity index (χ2v) is 5.87. The molecule has 2 aromatic carbocycles. The third-order valence-electron chi connectivity index (χ3n) is 3.72. The van der Waals surface area contributed by atoms with Gasteiger partial charge in [0.1, 0.15) is 5.82 Å². The second kappa shape index (κ2) is 7.83. The van der Waals surface area contributed by atoms with Crippen molar-refractivity contribution in [2.75, 3.05) is 4.90 Å². The van der Waals surface area contributed by atoms with Gasteiger partial charge in [0.25, 0.3) is 11.8 Å². The third-order valence-corrected chi connectivity index (χ3v) is 4.01. The quantitative estimate of drug-likeness (QED) is 0.363. The maximum atomic E-state index is 13.6. The van der Waals surface area contributed by atoms with Crippen LogP contribution in [-0.4, -0.2) is 29.0 Å². The Morgan fingerprint density at radius 1 is 1.15 bits per heavy atom. The van der Waals surface area contributed by atoms with Crippen molar-refractivity contribution < 1.29 is 18.8 Å². The average Bonchev–Trinajstić information content (AvgIpc) is 2.65. The van der Waals surface area contributed by atoms with Crippen LogP contribution in [0.25, 0.3) is 0 Å². The Bertz CT molecular complexity index is 949. The molecule has 0 spiro atoms. The first-order valence-electron chi connectivity index (χ1n) is 7.81. The van der Waals surface area contributed by atoms with E-state index in [1.54, 1.807) is 30.3 Å². The molecule has 1 saturated heterocycles. The fourth-order valence-electron chi connectivity index (χ4n) is 2.42. The van der Waals surface area contributed by atoms with Gasteiger partial charge < -0.3 is 5.32 Å². The van der Waals surface area contributed by atoms with Crippen LogP contribution in [0.2, 0.25) is 0 Å². The first-order chi connectivity index (χ1) is 13.0. The van der Waals surface area contributed by atoms with E-state index in [1.807, 2.05) is 0 Å². The van der Waals surface area contributed by atoms with Crippen molar-refractivity contribution in [2.45, 2.75) is 0 Å². The fourth-order valence-corrected chi connectivity index (χ4v) is 2.72. The minimum Gasteiger partial charge on any atom is -0.301 e. The van der Waals surface area contributed by atoms with Crippen LogP contribution in [0, 0.1) is 11.7 Å². The van der Waals surface area contributed by atoms with Crippen molar-refractivity contribution in [1.82, 2.24) is 10.7 Å². The number of halogens is 1. The van der Waals surface area contributed by atoms with Crippen LogP contribution in [0.4, 0.5) is 10.1 Å². The summed E-state index contributed by atoms with van der Waals surface area (Å²) >= 11 is 5.07. The summed E-state index contributed by atoms with van der Waals surface area (Å²) in [5.74, 6) is -4.08. The van der Waals surface area contributed by atoms with Gasteiger partial charge in [-0.25, -0.2) is 9.82 Å². The number of carbonyl (C=O) groups is 3. The van der Waals surface area contributed by atoms with Crippen LogP contribution >= 0.6 is 12.2 Å². The summed E-state index contributed by atoms with van der Waals surface area (Å²) in [4.78, 5) is 37.8. The smallest absolute Gasteiger partial charge is 0.274 e. The van der Waals surface area contributed by atoms with Gasteiger partial charge in [-0.05, 0) is 36.5 Å². The van der Waals surface area contributed by atoms with Gasteiger partial charge in [0.2, 0.25) is 5.91 Å². The zero-order valence-electron chi connectivity index (χ0n) is 13.8. The number of hydrogen-bond donors (Lipinski definition) is 2. The van der Waals surface area contributed by atoms with Crippen LogP contribution in [0.3, 0.4) is 0 Å². The average molecular weight is 384 g/mol. The molecule has 1 aliphatic rings. The van der Waals surface area contributed by atoms with E-state index in [0.717, 1.165) is 12.3 Å². The Balaban J connectivity index is 1.75. The molecule has 2 aromatic rings. The number of benzene rings is 2. The van der Waals surface area contributed by atoms with Gasteiger partial charge >= 0.3 is 0 Å². The largest absolute Gasteiger partial charge is 0.301 e. The van der Waals surface area contributed by atoms with Gasteiger partial charge in [0, 0.05) is 6.21 Å². The first kappa shape index (κ1) is 18.3. The number of nitrogens with zero attached hydrogens (tertiary/aromatic N) is 2. The minimum atomic E-state index is -1.29. The molecule has 1 heterocycles. The van der Waals surface area contributed by atoms with E-state index in [9.17, 15) is 18.8 Å². The predicted molar refractivity (Wildman–Crippen MR) is 101 cm³/mol. The van der Waals surface area contributed by atoms with Crippen molar-refractivity contribution in [2.24, 2.45) is 11.0 Å².